The van der Waals surface area contributed by atoms with Crippen LogP contribution >= 0.6 is 0 Å². The van der Waals surface area contributed by atoms with Crippen LogP contribution in [-0.2, 0) is 48.7 Å². The van der Waals surface area contributed by atoms with Crippen molar-refractivity contribution in [3.63, 3.8) is 0 Å². The van der Waals surface area contributed by atoms with Crippen LogP contribution in [0, 0.1) is 20.8 Å². The third kappa shape index (κ3) is 7.73. The van der Waals surface area contributed by atoms with E-state index in [1.807, 2.05) is 0 Å². The van der Waals surface area contributed by atoms with Crippen molar-refractivity contribution >= 4 is 57.2 Å². The second-order valence-electron chi connectivity index (χ2n) is 34.8. The van der Waals surface area contributed by atoms with Gasteiger partial charge in [0.15, 0.2) is 0 Å². The van der Waals surface area contributed by atoms with E-state index in [-0.39, 0.29) is 55.4 Å². The van der Waals surface area contributed by atoms with Gasteiger partial charge in [0.25, 0.3) is 6.71 Å². The molecular formula is C88H95BN2. The number of anilines is 6. The number of aryl methyl sites for hydroxylation is 3. The fourth-order valence-corrected chi connectivity index (χ4v) is 19.7. The molecule has 2 nitrogen and oxygen atoms in total. The summed E-state index contributed by atoms with van der Waals surface area (Å²) in [7, 11) is 0. The van der Waals surface area contributed by atoms with Gasteiger partial charge in [-0.2, -0.15) is 0 Å². The van der Waals surface area contributed by atoms with E-state index in [4.69, 9.17) is 0 Å². The number of fused-ring (bicyclic) bond motifs is 13. The first kappa shape index (κ1) is 58.7. The first-order valence-corrected chi connectivity index (χ1v) is 34.5. The third-order valence-corrected chi connectivity index (χ3v) is 25.7. The molecule has 0 fully saturated rings. The van der Waals surface area contributed by atoms with Crippen LogP contribution in [0.2, 0.25) is 0 Å². The Morgan fingerprint density at radius 1 is 0.286 bits per heavy atom. The first-order chi connectivity index (χ1) is 42.6. The van der Waals surface area contributed by atoms with Crippen molar-refractivity contribution in [1.82, 2.24) is 0 Å². The number of hydrogen-bond acceptors (Lipinski definition) is 2. The van der Waals surface area contributed by atoms with Crippen molar-refractivity contribution in [2.75, 3.05) is 9.80 Å². The topological polar surface area (TPSA) is 6.48 Å². The molecule has 2 aliphatic heterocycles. The monoisotopic (exact) mass is 1190 g/mol. The number of hydrogen-bond donors (Lipinski definition) is 0. The van der Waals surface area contributed by atoms with Crippen LogP contribution in [-0.4, -0.2) is 6.71 Å². The fraction of sp³-hybridized carbons (Fsp3) is 0.386. The summed E-state index contributed by atoms with van der Waals surface area (Å²) in [6.45, 7) is 51.9. The van der Waals surface area contributed by atoms with E-state index in [1.54, 1.807) is 0 Å². The molecule has 16 rings (SSSR count). The molecule has 9 aromatic carbocycles. The van der Waals surface area contributed by atoms with E-state index in [1.165, 1.54) is 187 Å². The lowest BCUT2D eigenvalue weighted by atomic mass is 9.32. The van der Waals surface area contributed by atoms with Crippen molar-refractivity contribution in [3.8, 4) is 22.3 Å². The molecule has 3 heteroatoms. The van der Waals surface area contributed by atoms with Crippen molar-refractivity contribution in [3.05, 3.63) is 240 Å². The maximum Gasteiger partial charge on any atom is 0.252 e. The largest absolute Gasteiger partial charge is 0.311 e. The normalized spacial score (nSPS) is 20.5. The number of nitrogens with zero attached hydrogens (tertiary/aromatic N) is 2. The molecule has 9 aromatic rings. The molecule has 0 radical (unpaired) electrons. The summed E-state index contributed by atoms with van der Waals surface area (Å²) in [6, 6.07) is 60.0. The molecule has 0 N–H and O–H groups in total. The molecular weight excluding hydrogens is 1100 g/mol. The Bertz CT molecular complexity index is 4710. The number of rotatable bonds is 3. The molecule has 0 unspecified atom stereocenters. The Morgan fingerprint density at radius 2 is 0.670 bits per heavy atom. The molecule has 0 spiro atoms. The highest BCUT2D eigenvalue weighted by atomic mass is 15.2. The predicted molar refractivity (Wildman–Crippen MR) is 390 cm³/mol. The Balaban J connectivity index is 1.07. The van der Waals surface area contributed by atoms with Crippen molar-refractivity contribution < 1.29 is 0 Å². The molecule has 460 valence electrons. The van der Waals surface area contributed by atoms with Crippen molar-refractivity contribution in [1.29, 1.82) is 0 Å². The maximum absolute atomic E-state index is 2.81. The quantitative estimate of drug-likeness (QED) is 0.163. The van der Waals surface area contributed by atoms with Gasteiger partial charge in [0, 0.05) is 61.2 Å². The summed E-state index contributed by atoms with van der Waals surface area (Å²) in [5, 5.41) is 0. The lowest BCUT2D eigenvalue weighted by Crippen LogP contribution is -2.62. The fourth-order valence-electron chi connectivity index (χ4n) is 19.7. The van der Waals surface area contributed by atoms with Gasteiger partial charge >= 0.3 is 0 Å². The zero-order valence-electron chi connectivity index (χ0n) is 58.7. The Labute approximate surface area is 546 Å². The second kappa shape index (κ2) is 18.3. The van der Waals surface area contributed by atoms with E-state index in [9.17, 15) is 0 Å². The van der Waals surface area contributed by atoms with E-state index in [0.29, 0.717) is 0 Å². The summed E-state index contributed by atoms with van der Waals surface area (Å²) < 4.78 is 0. The summed E-state index contributed by atoms with van der Waals surface area (Å²) in [4.78, 5) is 5.58. The van der Waals surface area contributed by atoms with E-state index >= 15 is 0 Å². The standard InChI is InChI=1S/C88H95BN2/c1-50-27-26-28-51(2)78(50)53-40-76-79-77(41-53)91(73-48-67-64(39-52(73)3)80(4,5)35-38-83(67,10)11)74-44-56-55-43-65-66(82(8,9)37-36-81(65,6)7)45-62(55)88(20,21)63(56)46-71(74)89(79)72-47-69-70(87(18,19)60-32-25-24-31-59(60)86(69,16)17)49-75(72)90(76)54-33-34-61-68(42-54)85(14,15)58-30-23-22-29-57(58)84(61,12)13/h22-34,39-49H,35-38H2,1-21H3. The van der Waals surface area contributed by atoms with Crippen molar-refractivity contribution in [2.45, 2.75) is 220 Å². The van der Waals surface area contributed by atoms with Gasteiger partial charge in [-0.15, -0.1) is 0 Å². The molecule has 5 aliphatic carbocycles. The molecule has 0 saturated carbocycles. The molecule has 0 aromatic heterocycles. The highest BCUT2D eigenvalue weighted by molar-refractivity contribution is 7.00. The van der Waals surface area contributed by atoms with Crippen LogP contribution in [0.25, 0.3) is 22.3 Å². The number of benzene rings is 9. The molecule has 0 saturated heterocycles. The van der Waals surface area contributed by atoms with Crippen LogP contribution < -0.4 is 26.2 Å². The molecule has 2 heterocycles. The minimum absolute atomic E-state index is 0.00208. The minimum atomic E-state index is -0.272. The molecule has 0 bridgehead atoms. The van der Waals surface area contributed by atoms with E-state index in [0.717, 1.165) is 6.42 Å². The third-order valence-electron chi connectivity index (χ3n) is 25.7. The van der Waals surface area contributed by atoms with Crippen LogP contribution in [0.4, 0.5) is 34.1 Å². The van der Waals surface area contributed by atoms with Gasteiger partial charge in [0.05, 0.1) is 0 Å². The zero-order chi connectivity index (χ0) is 64.4. The summed E-state index contributed by atoms with van der Waals surface area (Å²) in [5.41, 5.74) is 40.4. The highest BCUT2D eigenvalue weighted by Gasteiger charge is 2.52. The Morgan fingerprint density at radius 3 is 1.21 bits per heavy atom. The Hall–Kier alpha value is -7.36. The van der Waals surface area contributed by atoms with Crippen LogP contribution in [0.3, 0.4) is 0 Å². The SMILES string of the molecule is Cc1cc2c(cc1N1c3cc4c(cc3B3c5cc6c(cc5N(c5ccc7c(c5)C(C)(C)c5ccccc5C7(C)C)c5cc(-c7c(C)cccc7C)cc1c53)C(C)(C)c1ccccc1C6(C)C)C(C)(C)c1cc3c(cc1-4)C(C)(C)CCC3(C)C)C(C)(C)CCC2(C)C. The average molecular weight is 1190 g/mol. The average Bonchev–Trinajstić information content (AvgIpc) is 1.55. The molecule has 0 amide bonds. The van der Waals surface area contributed by atoms with Gasteiger partial charge in [0.1, 0.15) is 0 Å². The van der Waals surface area contributed by atoms with E-state index < -0.39 is 0 Å². The minimum Gasteiger partial charge on any atom is -0.311 e. The lowest BCUT2D eigenvalue weighted by Gasteiger charge is -2.49. The lowest BCUT2D eigenvalue weighted by molar-refractivity contribution is 0.331. The first-order valence-electron chi connectivity index (χ1n) is 34.5. The summed E-state index contributed by atoms with van der Waals surface area (Å²) in [6.07, 6.45) is 4.70. The highest BCUT2D eigenvalue weighted by Crippen LogP contribution is 2.60. The van der Waals surface area contributed by atoms with Gasteiger partial charge in [0.2, 0.25) is 0 Å². The molecule has 7 aliphatic rings. The zero-order valence-corrected chi connectivity index (χ0v) is 58.7. The smallest absolute Gasteiger partial charge is 0.252 e. The van der Waals surface area contributed by atoms with Gasteiger partial charge in [-0.05, 0) is 250 Å². The summed E-state index contributed by atoms with van der Waals surface area (Å²) >= 11 is 0. The maximum atomic E-state index is 2.81. The van der Waals surface area contributed by atoms with Crippen molar-refractivity contribution in [2.24, 2.45) is 0 Å². The van der Waals surface area contributed by atoms with Crippen LogP contribution in [0.15, 0.2) is 146 Å². The Kier molecular flexibility index (Phi) is 11.8. The van der Waals surface area contributed by atoms with Gasteiger partial charge in [-0.1, -0.05) is 222 Å². The predicted octanol–water partition coefficient (Wildman–Crippen LogP) is 21.3. The molecule has 91 heavy (non-hydrogen) atoms. The van der Waals surface area contributed by atoms with Gasteiger partial charge in [-0.25, -0.2) is 0 Å². The van der Waals surface area contributed by atoms with Crippen LogP contribution in [0.5, 0.6) is 0 Å². The second-order valence-corrected chi connectivity index (χ2v) is 34.8. The van der Waals surface area contributed by atoms with Gasteiger partial charge in [-0.3, -0.25) is 0 Å². The van der Waals surface area contributed by atoms with Crippen LogP contribution in [0.1, 0.15) is 245 Å². The molecule has 0 atom stereocenters. The summed E-state index contributed by atoms with van der Waals surface area (Å²) in [5.74, 6) is 0. The van der Waals surface area contributed by atoms with Gasteiger partial charge < -0.3 is 9.80 Å². The van der Waals surface area contributed by atoms with E-state index in [2.05, 4.69) is 301 Å².